The lowest BCUT2D eigenvalue weighted by Crippen LogP contribution is -2.28. The second kappa shape index (κ2) is 5.05. The van der Waals surface area contributed by atoms with Gasteiger partial charge in [-0.25, -0.2) is 4.39 Å². The van der Waals surface area contributed by atoms with Gasteiger partial charge in [0, 0.05) is 23.8 Å². The molecule has 0 aromatic heterocycles. The van der Waals surface area contributed by atoms with Gasteiger partial charge in [0.1, 0.15) is 5.82 Å². The van der Waals surface area contributed by atoms with E-state index >= 15 is 0 Å². The maximum atomic E-state index is 13.8. The van der Waals surface area contributed by atoms with Crippen molar-refractivity contribution >= 4 is 5.69 Å². The first-order valence-electron chi connectivity index (χ1n) is 6.38. The number of benzene rings is 1. The molecule has 1 fully saturated rings. The number of aliphatic hydroxyl groups is 1. The molecule has 1 saturated carbocycles. The van der Waals surface area contributed by atoms with E-state index in [2.05, 4.69) is 11.8 Å². The van der Waals surface area contributed by atoms with E-state index in [4.69, 9.17) is 0 Å². The molecule has 1 aliphatic rings. The molecule has 2 rings (SSSR count). The largest absolute Gasteiger partial charge is 0.389 e. The van der Waals surface area contributed by atoms with Gasteiger partial charge in [-0.1, -0.05) is 13.0 Å². The van der Waals surface area contributed by atoms with E-state index < -0.39 is 6.10 Å². The van der Waals surface area contributed by atoms with E-state index in [0.29, 0.717) is 11.6 Å². The predicted molar refractivity (Wildman–Crippen MR) is 67.7 cm³/mol. The number of nitrogens with zero attached hydrogens (tertiary/aromatic N) is 1. The van der Waals surface area contributed by atoms with Gasteiger partial charge in [0.2, 0.25) is 0 Å². The van der Waals surface area contributed by atoms with Gasteiger partial charge in [-0.2, -0.15) is 0 Å². The van der Waals surface area contributed by atoms with Crippen molar-refractivity contribution in [3.8, 4) is 0 Å². The molecule has 1 N–H and O–H groups in total. The molecular weight excluding hydrogens is 217 g/mol. The second-order valence-corrected chi connectivity index (χ2v) is 4.77. The molecule has 0 spiro atoms. The van der Waals surface area contributed by atoms with Crippen LogP contribution in [0.4, 0.5) is 10.1 Å². The van der Waals surface area contributed by atoms with Gasteiger partial charge in [0.25, 0.3) is 0 Å². The fraction of sp³-hybridized carbons (Fsp3) is 0.571. The molecule has 0 radical (unpaired) electrons. The van der Waals surface area contributed by atoms with Crippen molar-refractivity contribution in [2.75, 3.05) is 11.4 Å². The molecule has 0 bridgehead atoms. The van der Waals surface area contributed by atoms with E-state index in [1.165, 1.54) is 18.9 Å². The highest BCUT2D eigenvalue weighted by Crippen LogP contribution is 2.36. The number of anilines is 1. The third-order valence-corrected chi connectivity index (χ3v) is 3.21. The molecule has 1 aliphatic carbocycles. The van der Waals surface area contributed by atoms with Crippen LogP contribution in [0.1, 0.15) is 44.8 Å². The summed E-state index contributed by atoms with van der Waals surface area (Å²) in [5.74, 6) is -0.306. The van der Waals surface area contributed by atoms with Gasteiger partial charge < -0.3 is 10.0 Å². The van der Waals surface area contributed by atoms with Crippen LogP contribution in [0.3, 0.4) is 0 Å². The van der Waals surface area contributed by atoms with E-state index in [9.17, 15) is 9.50 Å². The zero-order valence-electron chi connectivity index (χ0n) is 10.5. The van der Waals surface area contributed by atoms with Crippen molar-refractivity contribution in [2.24, 2.45) is 0 Å². The van der Waals surface area contributed by atoms with Crippen LogP contribution < -0.4 is 4.90 Å². The van der Waals surface area contributed by atoms with E-state index in [1.54, 1.807) is 13.0 Å². The van der Waals surface area contributed by atoms with Gasteiger partial charge in [0.05, 0.1) is 6.10 Å². The summed E-state index contributed by atoms with van der Waals surface area (Å²) in [4.78, 5) is 2.24. The van der Waals surface area contributed by atoms with Crippen molar-refractivity contribution in [3.05, 3.63) is 29.6 Å². The molecule has 1 atom stereocenters. The molecule has 3 heteroatoms. The fourth-order valence-electron chi connectivity index (χ4n) is 2.32. The Balaban J connectivity index is 2.37. The summed E-state index contributed by atoms with van der Waals surface area (Å²) in [6.07, 6.45) is 2.63. The SMILES string of the molecule is CCCN(c1cccc(F)c1[C@H](C)O)C1CC1. The quantitative estimate of drug-likeness (QED) is 0.849. The Kier molecular flexibility index (Phi) is 3.67. The number of rotatable bonds is 5. The van der Waals surface area contributed by atoms with Crippen molar-refractivity contribution in [1.82, 2.24) is 0 Å². The fourth-order valence-corrected chi connectivity index (χ4v) is 2.32. The first-order chi connectivity index (χ1) is 8.15. The molecule has 2 nitrogen and oxygen atoms in total. The Labute approximate surface area is 102 Å². The number of hydrogen-bond donors (Lipinski definition) is 1. The van der Waals surface area contributed by atoms with Gasteiger partial charge >= 0.3 is 0 Å². The van der Waals surface area contributed by atoms with Crippen LogP contribution in [0.5, 0.6) is 0 Å². The van der Waals surface area contributed by atoms with E-state index in [0.717, 1.165) is 18.7 Å². The van der Waals surface area contributed by atoms with Crippen LogP contribution in [0.25, 0.3) is 0 Å². The molecule has 0 heterocycles. The normalized spacial score (nSPS) is 16.9. The lowest BCUT2D eigenvalue weighted by atomic mass is 10.1. The Morgan fingerprint density at radius 3 is 2.71 bits per heavy atom. The van der Waals surface area contributed by atoms with Crippen molar-refractivity contribution < 1.29 is 9.50 Å². The van der Waals surface area contributed by atoms with Gasteiger partial charge in [0.15, 0.2) is 0 Å². The molecular formula is C14H20FNO. The molecule has 1 aromatic carbocycles. The zero-order valence-corrected chi connectivity index (χ0v) is 10.5. The summed E-state index contributed by atoms with van der Waals surface area (Å²) >= 11 is 0. The second-order valence-electron chi connectivity index (χ2n) is 4.77. The smallest absolute Gasteiger partial charge is 0.131 e. The minimum Gasteiger partial charge on any atom is -0.389 e. The van der Waals surface area contributed by atoms with Crippen LogP contribution in [-0.2, 0) is 0 Å². The highest BCUT2D eigenvalue weighted by atomic mass is 19.1. The van der Waals surface area contributed by atoms with Gasteiger partial charge in [-0.15, -0.1) is 0 Å². The average molecular weight is 237 g/mol. The summed E-state index contributed by atoms with van der Waals surface area (Å²) < 4.78 is 13.8. The summed E-state index contributed by atoms with van der Waals surface area (Å²) in [5.41, 5.74) is 1.30. The van der Waals surface area contributed by atoms with Crippen molar-refractivity contribution in [3.63, 3.8) is 0 Å². The maximum Gasteiger partial charge on any atom is 0.131 e. The summed E-state index contributed by atoms with van der Waals surface area (Å²) in [5, 5.41) is 9.74. The van der Waals surface area contributed by atoms with Crippen LogP contribution in [0.15, 0.2) is 18.2 Å². The highest BCUT2D eigenvalue weighted by molar-refractivity contribution is 5.56. The molecule has 17 heavy (non-hydrogen) atoms. The van der Waals surface area contributed by atoms with E-state index in [1.807, 2.05) is 6.07 Å². The third-order valence-electron chi connectivity index (χ3n) is 3.21. The Morgan fingerprint density at radius 2 is 2.18 bits per heavy atom. The molecule has 0 saturated heterocycles. The van der Waals surface area contributed by atoms with Crippen molar-refractivity contribution in [2.45, 2.75) is 45.3 Å². The lowest BCUT2D eigenvalue weighted by Gasteiger charge is -2.27. The minimum absolute atomic E-state index is 0.306. The summed E-state index contributed by atoms with van der Waals surface area (Å²) in [6.45, 7) is 4.67. The Morgan fingerprint density at radius 1 is 1.47 bits per heavy atom. The number of aliphatic hydroxyl groups excluding tert-OH is 1. The van der Waals surface area contributed by atoms with Crippen LogP contribution >= 0.6 is 0 Å². The first kappa shape index (κ1) is 12.4. The molecule has 94 valence electrons. The lowest BCUT2D eigenvalue weighted by molar-refractivity contribution is 0.194. The highest BCUT2D eigenvalue weighted by Gasteiger charge is 2.31. The Hall–Kier alpha value is -1.09. The first-order valence-corrected chi connectivity index (χ1v) is 6.38. The standard InChI is InChI=1S/C14H20FNO/c1-3-9-16(11-7-8-11)13-6-4-5-12(15)14(13)10(2)17/h4-6,10-11,17H,3,7-9H2,1-2H3/t10-/m0/s1. The van der Waals surface area contributed by atoms with Gasteiger partial charge in [-0.3, -0.25) is 0 Å². The number of halogens is 1. The van der Waals surface area contributed by atoms with Crippen molar-refractivity contribution in [1.29, 1.82) is 0 Å². The predicted octanol–water partition coefficient (Wildman–Crippen LogP) is 3.26. The molecule has 0 unspecified atom stereocenters. The number of hydrogen-bond acceptors (Lipinski definition) is 2. The molecule has 1 aromatic rings. The monoisotopic (exact) mass is 237 g/mol. The third kappa shape index (κ3) is 2.60. The zero-order chi connectivity index (χ0) is 12.4. The molecule has 0 amide bonds. The Bertz CT molecular complexity index is 388. The summed E-state index contributed by atoms with van der Waals surface area (Å²) in [6, 6.07) is 5.60. The van der Waals surface area contributed by atoms with Crippen LogP contribution in [0, 0.1) is 5.82 Å². The minimum atomic E-state index is -0.760. The van der Waals surface area contributed by atoms with Crippen LogP contribution in [-0.4, -0.2) is 17.7 Å². The summed E-state index contributed by atoms with van der Waals surface area (Å²) in [7, 11) is 0. The topological polar surface area (TPSA) is 23.5 Å². The van der Waals surface area contributed by atoms with Gasteiger partial charge in [-0.05, 0) is 38.3 Å². The van der Waals surface area contributed by atoms with Crippen LogP contribution in [0.2, 0.25) is 0 Å². The van der Waals surface area contributed by atoms with E-state index in [-0.39, 0.29) is 5.82 Å². The average Bonchev–Trinajstić information content (AvgIpc) is 3.08. The maximum absolute atomic E-state index is 13.8. The molecule has 0 aliphatic heterocycles.